The van der Waals surface area contributed by atoms with Crippen LogP contribution >= 0.6 is 11.6 Å². The summed E-state index contributed by atoms with van der Waals surface area (Å²) in [6.45, 7) is 3.76. The van der Waals surface area contributed by atoms with Gasteiger partial charge in [-0.25, -0.2) is 0 Å². The summed E-state index contributed by atoms with van der Waals surface area (Å²) in [6.07, 6.45) is 6.15. The molecule has 1 aromatic rings. The standard InChI is InChI=1S/C18H28ClN5O3/c1-22-15(10-18(26)23-6-8-27-9-7-23)2-3-16(22)12-20-17(25)4-5-24-13-14(19)11-21-24/h11,13,15-16H,2-10,12H2,1H3,(H,20,25)/t15-,16+/m1/s1. The average molecular weight is 398 g/mol. The monoisotopic (exact) mass is 397 g/mol. The van der Waals surface area contributed by atoms with Gasteiger partial charge in [-0.3, -0.25) is 19.2 Å². The number of morpholine rings is 1. The molecular formula is C18H28ClN5O3. The minimum Gasteiger partial charge on any atom is -0.378 e. The second kappa shape index (κ2) is 9.52. The molecule has 2 atom stereocenters. The van der Waals surface area contributed by atoms with E-state index in [9.17, 15) is 9.59 Å². The Balaban J connectivity index is 1.37. The lowest BCUT2D eigenvalue weighted by molar-refractivity contribution is -0.136. The highest BCUT2D eigenvalue weighted by molar-refractivity contribution is 6.30. The van der Waals surface area contributed by atoms with E-state index >= 15 is 0 Å². The SMILES string of the molecule is CN1[C@@H](CC(=O)N2CCOCC2)CC[C@H]1CNC(=O)CCn1cc(Cl)cn1. The number of hydrogen-bond donors (Lipinski definition) is 1. The second-order valence-corrected chi connectivity index (χ2v) is 7.66. The van der Waals surface area contributed by atoms with Gasteiger partial charge in [0.25, 0.3) is 0 Å². The molecule has 8 nitrogen and oxygen atoms in total. The van der Waals surface area contributed by atoms with Gasteiger partial charge in [-0.1, -0.05) is 11.6 Å². The number of halogens is 1. The number of aryl methyl sites for hydroxylation is 1. The predicted molar refractivity (Wildman–Crippen MR) is 101 cm³/mol. The van der Waals surface area contributed by atoms with E-state index in [2.05, 4.69) is 15.3 Å². The van der Waals surface area contributed by atoms with Crippen LogP contribution in [0.5, 0.6) is 0 Å². The maximum atomic E-state index is 12.5. The zero-order chi connectivity index (χ0) is 19.2. The van der Waals surface area contributed by atoms with Crippen molar-refractivity contribution in [2.45, 2.75) is 44.3 Å². The Kier molecular flexibility index (Phi) is 7.09. The molecule has 9 heteroatoms. The highest BCUT2D eigenvalue weighted by Gasteiger charge is 2.33. The third-order valence-corrected chi connectivity index (χ3v) is 5.66. The summed E-state index contributed by atoms with van der Waals surface area (Å²) in [7, 11) is 2.05. The molecule has 27 heavy (non-hydrogen) atoms. The van der Waals surface area contributed by atoms with Crippen LogP contribution in [0.25, 0.3) is 0 Å². The molecule has 150 valence electrons. The van der Waals surface area contributed by atoms with Crippen LogP contribution in [0.15, 0.2) is 12.4 Å². The second-order valence-electron chi connectivity index (χ2n) is 7.22. The molecule has 2 aliphatic heterocycles. The van der Waals surface area contributed by atoms with Gasteiger partial charge in [-0.15, -0.1) is 0 Å². The number of likely N-dealkylation sites (N-methyl/N-ethyl adjacent to an activating group) is 1. The minimum atomic E-state index is 0.00265. The molecule has 0 aromatic carbocycles. The summed E-state index contributed by atoms with van der Waals surface area (Å²) in [4.78, 5) is 28.7. The topological polar surface area (TPSA) is 79.7 Å². The number of aromatic nitrogens is 2. The van der Waals surface area contributed by atoms with Gasteiger partial charge in [-0.2, -0.15) is 5.10 Å². The Labute approximate surface area is 164 Å². The van der Waals surface area contributed by atoms with Crippen LogP contribution in [0.2, 0.25) is 5.02 Å². The largest absolute Gasteiger partial charge is 0.378 e. The fraction of sp³-hybridized carbons (Fsp3) is 0.722. The zero-order valence-corrected chi connectivity index (χ0v) is 16.5. The highest BCUT2D eigenvalue weighted by Crippen LogP contribution is 2.25. The number of likely N-dealkylation sites (tertiary alicyclic amines) is 1. The van der Waals surface area contributed by atoms with Crippen molar-refractivity contribution in [3.05, 3.63) is 17.4 Å². The fourth-order valence-corrected chi connectivity index (χ4v) is 3.88. The number of nitrogens with one attached hydrogen (secondary N) is 1. The quantitative estimate of drug-likeness (QED) is 0.734. The molecule has 2 fully saturated rings. The predicted octanol–water partition coefficient (Wildman–Crippen LogP) is 0.755. The van der Waals surface area contributed by atoms with E-state index in [1.807, 2.05) is 11.9 Å². The van der Waals surface area contributed by atoms with Crippen LogP contribution in [-0.2, 0) is 20.9 Å². The van der Waals surface area contributed by atoms with Crippen LogP contribution in [0.4, 0.5) is 0 Å². The lowest BCUT2D eigenvalue weighted by atomic mass is 10.1. The van der Waals surface area contributed by atoms with Gasteiger partial charge in [0, 0.05) is 57.3 Å². The molecule has 0 spiro atoms. The van der Waals surface area contributed by atoms with E-state index in [0.717, 1.165) is 12.8 Å². The number of carbonyl (C=O) groups excluding carboxylic acids is 2. The summed E-state index contributed by atoms with van der Waals surface area (Å²) >= 11 is 5.82. The Morgan fingerprint density at radius 3 is 2.74 bits per heavy atom. The average Bonchev–Trinajstić information content (AvgIpc) is 3.25. The Hall–Kier alpha value is -1.64. The molecule has 3 heterocycles. The number of carbonyl (C=O) groups is 2. The molecule has 2 amide bonds. The minimum absolute atomic E-state index is 0.00265. The maximum absolute atomic E-state index is 12.5. The Morgan fingerprint density at radius 1 is 1.30 bits per heavy atom. The summed E-state index contributed by atoms with van der Waals surface area (Å²) in [5.41, 5.74) is 0. The normalized spacial score (nSPS) is 23.6. The van der Waals surface area contributed by atoms with Crippen LogP contribution in [0.1, 0.15) is 25.7 Å². The molecule has 0 saturated carbocycles. The molecule has 2 aliphatic rings. The van der Waals surface area contributed by atoms with Gasteiger partial charge in [0.15, 0.2) is 0 Å². The molecule has 0 aliphatic carbocycles. The zero-order valence-electron chi connectivity index (χ0n) is 15.8. The van der Waals surface area contributed by atoms with Gasteiger partial charge in [0.05, 0.1) is 24.4 Å². The van der Waals surface area contributed by atoms with Gasteiger partial charge >= 0.3 is 0 Å². The van der Waals surface area contributed by atoms with Crippen molar-refractivity contribution in [3.8, 4) is 0 Å². The first-order valence-electron chi connectivity index (χ1n) is 9.55. The van der Waals surface area contributed by atoms with Crippen molar-refractivity contribution in [1.82, 2.24) is 24.9 Å². The smallest absolute Gasteiger partial charge is 0.224 e. The molecule has 2 saturated heterocycles. The Bertz CT molecular complexity index is 647. The molecule has 0 bridgehead atoms. The third kappa shape index (κ3) is 5.67. The number of hydrogen-bond acceptors (Lipinski definition) is 5. The van der Waals surface area contributed by atoms with Crippen molar-refractivity contribution < 1.29 is 14.3 Å². The van der Waals surface area contributed by atoms with Crippen molar-refractivity contribution >= 4 is 23.4 Å². The van der Waals surface area contributed by atoms with Crippen molar-refractivity contribution in [3.63, 3.8) is 0 Å². The lowest BCUT2D eigenvalue weighted by Crippen LogP contribution is -2.45. The molecule has 3 rings (SSSR count). The summed E-state index contributed by atoms with van der Waals surface area (Å²) < 4.78 is 6.97. The summed E-state index contributed by atoms with van der Waals surface area (Å²) in [5.74, 6) is 0.209. The molecule has 1 N–H and O–H groups in total. The number of amides is 2. The van der Waals surface area contributed by atoms with E-state index in [0.29, 0.717) is 57.3 Å². The van der Waals surface area contributed by atoms with Gasteiger partial charge in [0.1, 0.15) is 0 Å². The summed E-state index contributed by atoms with van der Waals surface area (Å²) in [5, 5.41) is 7.64. The van der Waals surface area contributed by atoms with E-state index < -0.39 is 0 Å². The number of nitrogens with zero attached hydrogens (tertiary/aromatic N) is 4. The highest BCUT2D eigenvalue weighted by atomic mass is 35.5. The first kappa shape index (κ1) is 20.1. The van der Waals surface area contributed by atoms with Crippen molar-refractivity contribution in [1.29, 1.82) is 0 Å². The van der Waals surface area contributed by atoms with Crippen molar-refractivity contribution in [2.75, 3.05) is 39.9 Å². The Morgan fingerprint density at radius 2 is 2.04 bits per heavy atom. The van der Waals surface area contributed by atoms with E-state index in [1.165, 1.54) is 0 Å². The van der Waals surface area contributed by atoms with Crippen LogP contribution in [-0.4, -0.2) is 83.4 Å². The van der Waals surface area contributed by atoms with Crippen LogP contribution < -0.4 is 5.32 Å². The van der Waals surface area contributed by atoms with Crippen LogP contribution in [0.3, 0.4) is 0 Å². The molecule has 1 aromatic heterocycles. The van der Waals surface area contributed by atoms with E-state index in [-0.39, 0.29) is 23.9 Å². The number of rotatable bonds is 7. The van der Waals surface area contributed by atoms with Gasteiger partial charge in [-0.05, 0) is 19.9 Å². The van der Waals surface area contributed by atoms with Crippen LogP contribution in [0, 0.1) is 0 Å². The van der Waals surface area contributed by atoms with Crippen molar-refractivity contribution in [2.24, 2.45) is 0 Å². The third-order valence-electron chi connectivity index (χ3n) is 5.46. The lowest BCUT2D eigenvalue weighted by Gasteiger charge is -2.30. The number of ether oxygens (including phenoxy) is 1. The van der Waals surface area contributed by atoms with Gasteiger partial charge in [0.2, 0.25) is 11.8 Å². The van der Waals surface area contributed by atoms with E-state index in [4.69, 9.17) is 16.3 Å². The van der Waals surface area contributed by atoms with E-state index in [1.54, 1.807) is 17.1 Å². The maximum Gasteiger partial charge on any atom is 0.224 e. The summed E-state index contributed by atoms with van der Waals surface area (Å²) in [6, 6.07) is 0.518. The fourth-order valence-electron chi connectivity index (χ4n) is 3.72. The molecular weight excluding hydrogens is 370 g/mol. The molecule has 0 radical (unpaired) electrons. The first-order chi connectivity index (χ1) is 13.0. The first-order valence-corrected chi connectivity index (χ1v) is 9.93. The van der Waals surface area contributed by atoms with Gasteiger partial charge < -0.3 is 15.0 Å². The molecule has 0 unspecified atom stereocenters.